The van der Waals surface area contributed by atoms with Gasteiger partial charge in [-0.2, -0.15) is 0 Å². The minimum absolute atomic E-state index is 0.0556. The first kappa shape index (κ1) is 15.9. The summed E-state index contributed by atoms with van der Waals surface area (Å²) in [6, 6.07) is 3.63. The van der Waals surface area contributed by atoms with Gasteiger partial charge in [0.15, 0.2) is 5.12 Å². The van der Waals surface area contributed by atoms with Crippen LogP contribution in [0.4, 0.5) is 11.4 Å². The van der Waals surface area contributed by atoms with Gasteiger partial charge in [-0.05, 0) is 49.9 Å². The molecule has 0 saturated carbocycles. The number of thioether (sulfide) groups is 1. The third kappa shape index (κ3) is 3.56. The molecular formula is C13H14Br2N2O2S. The molecule has 0 aliphatic carbocycles. The van der Waals surface area contributed by atoms with Crippen LogP contribution in [-0.2, 0) is 9.59 Å². The van der Waals surface area contributed by atoms with E-state index in [1.54, 1.807) is 17.9 Å². The first-order chi connectivity index (χ1) is 9.38. The van der Waals surface area contributed by atoms with Crippen molar-refractivity contribution >= 4 is 66.0 Å². The summed E-state index contributed by atoms with van der Waals surface area (Å²) >= 11 is 8.08. The third-order valence-electron chi connectivity index (χ3n) is 3.09. The van der Waals surface area contributed by atoms with Crippen molar-refractivity contribution in [1.29, 1.82) is 0 Å². The second-order valence-electron chi connectivity index (χ2n) is 4.70. The van der Waals surface area contributed by atoms with Crippen LogP contribution in [0, 0.1) is 5.92 Å². The molecule has 108 valence electrons. The number of nitrogen functional groups attached to an aromatic ring is 1. The summed E-state index contributed by atoms with van der Waals surface area (Å²) in [4.78, 5) is 24.8. The molecule has 20 heavy (non-hydrogen) atoms. The zero-order valence-electron chi connectivity index (χ0n) is 10.9. The molecule has 1 saturated heterocycles. The van der Waals surface area contributed by atoms with Gasteiger partial charge in [0, 0.05) is 34.6 Å². The fourth-order valence-electron chi connectivity index (χ4n) is 2.15. The van der Waals surface area contributed by atoms with Gasteiger partial charge in [-0.15, -0.1) is 0 Å². The number of nitrogens with zero attached hydrogens (tertiary/aromatic N) is 1. The fraction of sp³-hybridized carbons (Fsp3) is 0.385. The van der Waals surface area contributed by atoms with Crippen molar-refractivity contribution in [1.82, 2.24) is 0 Å². The SMILES string of the molecule is CC(=O)SCC1CC(=O)N(c2cc(Br)c(Br)cc2N)C1. The van der Waals surface area contributed by atoms with Crippen LogP contribution in [0.2, 0.25) is 0 Å². The summed E-state index contributed by atoms with van der Waals surface area (Å²) in [6.07, 6.45) is 0.466. The molecule has 1 aliphatic heterocycles. The second kappa shape index (κ2) is 6.49. The average molecular weight is 422 g/mol. The van der Waals surface area contributed by atoms with Crippen LogP contribution in [0.5, 0.6) is 0 Å². The highest BCUT2D eigenvalue weighted by atomic mass is 79.9. The molecule has 2 N–H and O–H groups in total. The van der Waals surface area contributed by atoms with Gasteiger partial charge in [-0.25, -0.2) is 0 Å². The lowest BCUT2D eigenvalue weighted by atomic mass is 10.1. The van der Waals surface area contributed by atoms with Crippen molar-refractivity contribution < 1.29 is 9.59 Å². The maximum absolute atomic E-state index is 12.1. The normalized spacial score (nSPS) is 18.6. The molecule has 2 rings (SSSR count). The minimum atomic E-state index is 0.0556. The number of anilines is 2. The summed E-state index contributed by atoms with van der Waals surface area (Å²) in [5.74, 6) is 0.924. The minimum Gasteiger partial charge on any atom is -0.397 e. The quantitative estimate of drug-likeness (QED) is 0.759. The highest BCUT2D eigenvalue weighted by molar-refractivity contribution is 9.13. The van der Waals surface area contributed by atoms with Gasteiger partial charge in [-0.3, -0.25) is 9.59 Å². The van der Waals surface area contributed by atoms with Crippen molar-refractivity contribution in [3.8, 4) is 0 Å². The van der Waals surface area contributed by atoms with Crippen molar-refractivity contribution in [2.24, 2.45) is 5.92 Å². The van der Waals surface area contributed by atoms with E-state index in [1.807, 2.05) is 6.07 Å². The Balaban J connectivity index is 2.16. The van der Waals surface area contributed by atoms with E-state index < -0.39 is 0 Å². The number of carbonyl (C=O) groups excluding carboxylic acids is 2. The molecule has 4 nitrogen and oxygen atoms in total. The zero-order valence-corrected chi connectivity index (χ0v) is 14.8. The Morgan fingerprint density at radius 2 is 2.10 bits per heavy atom. The maximum Gasteiger partial charge on any atom is 0.227 e. The van der Waals surface area contributed by atoms with Crippen LogP contribution in [0.25, 0.3) is 0 Å². The zero-order chi connectivity index (χ0) is 14.9. The highest BCUT2D eigenvalue weighted by Crippen LogP contribution is 2.36. The molecule has 1 aliphatic rings. The van der Waals surface area contributed by atoms with E-state index in [4.69, 9.17) is 5.73 Å². The van der Waals surface area contributed by atoms with E-state index in [0.29, 0.717) is 24.4 Å². The van der Waals surface area contributed by atoms with Crippen molar-refractivity contribution in [3.05, 3.63) is 21.1 Å². The standard InChI is InChI=1S/C13H14Br2N2O2S/c1-7(18)20-6-8-2-13(19)17(5-8)12-4-10(15)9(14)3-11(12)16/h3-4,8H,2,5-6,16H2,1H3. The lowest BCUT2D eigenvalue weighted by molar-refractivity contribution is -0.117. The summed E-state index contributed by atoms with van der Waals surface area (Å²) in [5.41, 5.74) is 7.28. The maximum atomic E-state index is 12.1. The summed E-state index contributed by atoms with van der Waals surface area (Å²) in [6.45, 7) is 2.15. The van der Waals surface area contributed by atoms with E-state index in [0.717, 1.165) is 14.6 Å². The number of halogens is 2. The van der Waals surface area contributed by atoms with E-state index in [-0.39, 0.29) is 16.9 Å². The van der Waals surface area contributed by atoms with Gasteiger partial charge in [-0.1, -0.05) is 11.8 Å². The monoisotopic (exact) mass is 420 g/mol. The number of benzene rings is 1. The molecule has 1 aromatic rings. The number of hydrogen-bond donors (Lipinski definition) is 1. The van der Waals surface area contributed by atoms with Gasteiger partial charge < -0.3 is 10.6 Å². The summed E-state index contributed by atoms with van der Waals surface area (Å²) in [5, 5.41) is 0.0850. The number of rotatable bonds is 3. The van der Waals surface area contributed by atoms with Crippen LogP contribution >= 0.6 is 43.6 Å². The van der Waals surface area contributed by atoms with E-state index in [1.165, 1.54) is 11.8 Å². The molecular weight excluding hydrogens is 408 g/mol. The van der Waals surface area contributed by atoms with E-state index in [9.17, 15) is 9.59 Å². The molecule has 1 fully saturated rings. The van der Waals surface area contributed by atoms with E-state index in [2.05, 4.69) is 31.9 Å². The smallest absolute Gasteiger partial charge is 0.227 e. The predicted molar refractivity (Wildman–Crippen MR) is 89.9 cm³/mol. The molecule has 0 spiro atoms. The fourth-order valence-corrected chi connectivity index (χ4v) is 3.53. The van der Waals surface area contributed by atoms with Crippen molar-refractivity contribution in [3.63, 3.8) is 0 Å². The van der Waals surface area contributed by atoms with Crippen LogP contribution < -0.4 is 10.6 Å². The molecule has 7 heteroatoms. The largest absolute Gasteiger partial charge is 0.397 e. The summed E-state index contributed by atoms with van der Waals surface area (Å²) in [7, 11) is 0. The number of carbonyl (C=O) groups is 2. The molecule has 1 atom stereocenters. The van der Waals surface area contributed by atoms with Crippen LogP contribution in [0.3, 0.4) is 0 Å². The van der Waals surface area contributed by atoms with Gasteiger partial charge in [0.2, 0.25) is 5.91 Å². The number of amides is 1. The number of nitrogens with two attached hydrogens (primary N) is 1. The molecule has 0 radical (unpaired) electrons. The van der Waals surface area contributed by atoms with Crippen LogP contribution in [-0.4, -0.2) is 23.3 Å². The van der Waals surface area contributed by atoms with Crippen LogP contribution in [0.1, 0.15) is 13.3 Å². The Morgan fingerprint density at radius 3 is 2.75 bits per heavy atom. The van der Waals surface area contributed by atoms with Gasteiger partial charge in [0.1, 0.15) is 0 Å². The second-order valence-corrected chi connectivity index (χ2v) is 7.61. The molecule has 1 unspecified atom stereocenters. The Hall–Kier alpha value is -0.530. The van der Waals surface area contributed by atoms with E-state index >= 15 is 0 Å². The van der Waals surface area contributed by atoms with Crippen molar-refractivity contribution in [2.45, 2.75) is 13.3 Å². The Bertz CT molecular complexity index is 566. The molecule has 1 amide bonds. The molecule has 0 bridgehead atoms. The lowest BCUT2D eigenvalue weighted by Crippen LogP contribution is -2.25. The Kier molecular flexibility index (Phi) is 5.14. The Labute approximate surface area is 138 Å². The summed E-state index contributed by atoms with van der Waals surface area (Å²) < 4.78 is 1.71. The molecule has 1 heterocycles. The first-order valence-corrected chi connectivity index (χ1v) is 8.64. The third-order valence-corrected chi connectivity index (χ3v) is 5.98. The topological polar surface area (TPSA) is 63.4 Å². The Morgan fingerprint density at radius 1 is 1.45 bits per heavy atom. The first-order valence-electron chi connectivity index (χ1n) is 6.06. The number of hydrogen-bond acceptors (Lipinski definition) is 4. The average Bonchev–Trinajstić information content (AvgIpc) is 2.72. The van der Waals surface area contributed by atoms with Gasteiger partial charge in [0.05, 0.1) is 11.4 Å². The van der Waals surface area contributed by atoms with Crippen molar-refractivity contribution in [2.75, 3.05) is 22.9 Å². The van der Waals surface area contributed by atoms with Crippen LogP contribution in [0.15, 0.2) is 21.1 Å². The molecule has 0 aromatic heterocycles. The highest BCUT2D eigenvalue weighted by Gasteiger charge is 2.32. The lowest BCUT2D eigenvalue weighted by Gasteiger charge is -2.19. The van der Waals surface area contributed by atoms with Gasteiger partial charge >= 0.3 is 0 Å². The van der Waals surface area contributed by atoms with Gasteiger partial charge in [0.25, 0.3) is 0 Å². The predicted octanol–water partition coefficient (Wildman–Crippen LogP) is 3.43. The molecule has 1 aromatic carbocycles.